The molecule has 3 heteroatoms. The van der Waals surface area contributed by atoms with Gasteiger partial charge in [-0.25, -0.2) is 0 Å². The van der Waals surface area contributed by atoms with Gasteiger partial charge in [-0.3, -0.25) is 4.90 Å². The largest absolute Gasteiger partial charge is 0.330 e. The molecule has 0 bridgehead atoms. The SMILES string of the molecule is Cc1ccc(CN2CCC(CN)CC2)c(Cl)c1. The molecular formula is C14H21ClN2. The maximum absolute atomic E-state index is 6.26. The fraction of sp³-hybridized carbons (Fsp3) is 0.571. The molecule has 1 aliphatic heterocycles. The molecular weight excluding hydrogens is 232 g/mol. The third-order valence-corrected chi connectivity index (χ3v) is 3.99. The molecule has 0 spiro atoms. The fourth-order valence-electron chi connectivity index (χ4n) is 2.40. The average molecular weight is 253 g/mol. The summed E-state index contributed by atoms with van der Waals surface area (Å²) < 4.78 is 0. The van der Waals surface area contributed by atoms with Crippen molar-refractivity contribution in [1.29, 1.82) is 0 Å². The Morgan fingerprint density at radius 3 is 2.65 bits per heavy atom. The van der Waals surface area contributed by atoms with Gasteiger partial charge < -0.3 is 5.73 Å². The number of hydrogen-bond donors (Lipinski definition) is 1. The third-order valence-electron chi connectivity index (χ3n) is 3.64. The van der Waals surface area contributed by atoms with E-state index in [1.54, 1.807) is 0 Å². The zero-order chi connectivity index (χ0) is 12.3. The molecule has 0 radical (unpaired) electrons. The van der Waals surface area contributed by atoms with E-state index in [1.807, 2.05) is 6.07 Å². The summed E-state index contributed by atoms with van der Waals surface area (Å²) in [5.74, 6) is 0.722. The first-order valence-electron chi connectivity index (χ1n) is 6.36. The molecule has 0 amide bonds. The predicted octanol–water partition coefficient (Wildman–Crippen LogP) is 2.82. The minimum atomic E-state index is 0.722. The van der Waals surface area contributed by atoms with Gasteiger partial charge in [0.15, 0.2) is 0 Å². The molecule has 0 aromatic heterocycles. The molecule has 2 nitrogen and oxygen atoms in total. The van der Waals surface area contributed by atoms with Crippen molar-refractivity contribution < 1.29 is 0 Å². The molecule has 17 heavy (non-hydrogen) atoms. The molecule has 0 saturated carbocycles. The summed E-state index contributed by atoms with van der Waals surface area (Å²) in [4.78, 5) is 2.47. The van der Waals surface area contributed by atoms with Crippen LogP contribution in [0.4, 0.5) is 0 Å². The number of hydrogen-bond acceptors (Lipinski definition) is 2. The van der Waals surface area contributed by atoms with Crippen molar-refractivity contribution in [2.45, 2.75) is 26.3 Å². The lowest BCUT2D eigenvalue weighted by Gasteiger charge is -2.31. The summed E-state index contributed by atoms with van der Waals surface area (Å²) in [6.07, 6.45) is 2.44. The zero-order valence-electron chi connectivity index (χ0n) is 10.5. The minimum absolute atomic E-state index is 0.722. The van der Waals surface area contributed by atoms with E-state index in [2.05, 4.69) is 24.0 Å². The van der Waals surface area contributed by atoms with Crippen molar-refractivity contribution in [1.82, 2.24) is 4.90 Å². The Balaban J connectivity index is 1.93. The van der Waals surface area contributed by atoms with Gasteiger partial charge in [0.1, 0.15) is 0 Å². The third kappa shape index (κ3) is 3.44. The normalized spacial score (nSPS) is 18.5. The number of nitrogens with two attached hydrogens (primary N) is 1. The summed E-state index contributed by atoms with van der Waals surface area (Å²) in [5.41, 5.74) is 8.16. The zero-order valence-corrected chi connectivity index (χ0v) is 11.2. The highest BCUT2D eigenvalue weighted by Crippen LogP contribution is 2.22. The lowest BCUT2D eigenvalue weighted by molar-refractivity contribution is 0.180. The van der Waals surface area contributed by atoms with Gasteiger partial charge >= 0.3 is 0 Å². The van der Waals surface area contributed by atoms with Crippen LogP contribution in [-0.2, 0) is 6.54 Å². The van der Waals surface area contributed by atoms with E-state index in [4.69, 9.17) is 17.3 Å². The lowest BCUT2D eigenvalue weighted by Crippen LogP contribution is -2.35. The van der Waals surface area contributed by atoms with E-state index in [-0.39, 0.29) is 0 Å². The molecule has 1 aromatic carbocycles. The van der Waals surface area contributed by atoms with Crippen LogP contribution in [0.1, 0.15) is 24.0 Å². The van der Waals surface area contributed by atoms with E-state index < -0.39 is 0 Å². The molecule has 2 N–H and O–H groups in total. The second kappa shape index (κ2) is 5.85. The van der Waals surface area contributed by atoms with Crippen molar-refractivity contribution in [2.75, 3.05) is 19.6 Å². The summed E-state index contributed by atoms with van der Waals surface area (Å²) in [6.45, 7) is 6.16. The maximum Gasteiger partial charge on any atom is 0.0453 e. The lowest BCUT2D eigenvalue weighted by atomic mass is 9.97. The molecule has 1 aliphatic rings. The summed E-state index contributed by atoms with van der Waals surface area (Å²) >= 11 is 6.26. The second-order valence-corrected chi connectivity index (χ2v) is 5.46. The highest BCUT2D eigenvalue weighted by Gasteiger charge is 2.18. The van der Waals surface area contributed by atoms with Crippen LogP contribution in [-0.4, -0.2) is 24.5 Å². The van der Waals surface area contributed by atoms with Gasteiger partial charge in [0.05, 0.1) is 0 Å². The van der Waals surface area contributed by atoms with Crippen molar-refractivity contribution in [3.63, 3.8) is 0 Å². The van der Waals surface area contributed by atoms with Crippen LogP contribution in [0.25, 0.3) is 0 Å². The van der Waals surface area contributed by atoms with E-state index >= 15 is 0 Å². The Morgan fingerprint density at radius 2 is 2.06 bits per heavy atom. The molecule has 2 rings (SSSR count). The van der Waals surface area contributed by atoms with Crippen molar-refractivity contribution in [3.8, 4) is 0 Å². The number of nitrogens with zero attached hydrogens (tertiary/aromatic N) is 1. The van der Waals surface area contributed by atoms with Crippen LogP contribution in [0.2, 0.25) is 5.02 Å². The van der Waals surface area contributed by atoms with Gasteiger partial charge in [-0.2, -0.15) is 0 Å². The number of benzene rings is 1. The molecule has 1 fully saturated rings. The molecule has 1 aromatic rings. The Labute approximate surface area is 109 Å². The molecule has 1 heterocycles. The molecule has 1 saturated heterocycles. The summed E-state index contributed by atoms with van der Waals surface area (Å²) in [7, 11) is 0. The first kappa shape index (κ1) is 12.9. The smallest absolute Gasteiger partial charge is 0.0453 e. The van der Waals surface area contributed by atoms with E-state index in [1.165, 1.54) is 24.0 Å². The fourth-order valence-corrected chi connectivity index (χ4v) is 2.70. The van der Waals surface area contributed by atoms with Gasteiger partial charge in [-0.1, -0.05) is 23.7 Å². The number of rotatable bonds is 3. The standard InChI is InChI=1S/C14H21ClN2/c1-11-2-3-13(14(15)8-11)10-17-6-4-12(9-16)5-7-17/h2-3,8,12H,4-7,9-10,16H2,1H3. The predicted molar refractivity (Wildman–Crippen MR) is 73.2 cm³/mol. The Bertz CT molecular complexity index is 370. The summed E-state index contributed by atoms with van der Waals surface area (Å²) in [5, 5.41) is 0.894. The van der Waals surface area contributed by atoms with Crippen LogP contribution >= 0.6 is 11.6 Å². The highest BCUT2D eigenvalue weighted by atomic mass is 35.5. The topological polar surface area (TPSA) is 29.3 Å². The Morgan fingerprint density at radius 1 is 1.35 bits per heavy atom. The Kier molecular flexibility index (Phi) is 4.43. The van der Waals surface area contributed by atoms with Crippen LogP contribution in [0.15, 0.2) is 18.2 Å². The van der Waals surface area contributed by atoms with Crippen molar-refractivity contribution >= 4 is 11.6 Å². The van der Waals surface area contributed by atoms with Gasteiger partial charge in [-0.15, -0.1) is 0 Å². The monoisotopic (exact) mass is 252 g/mol. The second-order valence-electron chi connectivity index (χ2n) is 5.05. The maximum atomic E-state index is 6.26. The van der Waals surface area contributed by atoms with Crippen molar-refractivity contribution in [2.24, 2.45) is 11.7 Å². The molecule has 0 aliphatic carbocycles. The van der Waals surface area contributed by atoms with Crippen LogP contribution in [0.3, 0.4) is 0 Å². The Hall–Kier alpha value is -0.570. The van der Waals surface area contributed by atoms with Crippen LogP contribution in [0.5, 0.6) is 0 Å². The van der Waals surface area contributed by atoms with Gasteiger partial charge in [0.2, 0.25) is 0 Å². The quantitative estimate of drug-likeness (QED) is 0.897. The van der Waals surface area contributed by atoms with Gasteiger partial charge in [-0.05, 0) is 62.5 Å². The van der Waals surface area contributed by atoms with Crippen LogP contribution < -0.4 is 5.73 Å². The highest BCUT2D eigenvalue weighted by molar-refractivity contribution is 6.31. The number of piperidine rings is 1. The van der Waals surface area contributed by atoms with E-state index in [0.29, 0.717) is 0 Å². The number of halogens is 1. The van der Waals surface area contributed by atoms with Crippen molar-refractivity contribution in [3.05, 3.63) is 34.3 Å². The van der Waals surface area contributed by atoms with Gasteiger partial charge in [0, 0.05) is 11.6 Å². The van der Waals surface area contributed by atoms with Gasteiger partial charge in [0.25, 0.3) is 0 Å². The van der Waals surface area contributed by atoms with Crippen LogP contribution in [0, 0.1) is 12.8 Å². The first-order valence-corrected chi connectivity index (χ1v) is 6.74. The summed E-state index contributed by atoms with van der Waals surface area (Å²) in [6, 6.07) is 6.32. The molecule has 0 unspecified atom stereocenters. The molecule has 94 valence electrons. The minimum Gasteiger partial charge on any atom is -0.330 e. The van der Waals surface area contributed by atoms with E-state index in [9.17, 15) is 0 Å². The molecule has 0 atom stereocenters. The average Bonchev–Trinajstić information content (AvgIpc) is 2.34. The number of aryl methyl sites for hydroxylation is 1. The first-order chi connectivity index (χ1) is 8.19. The van der Waals surface area contributed by atoms with E-state index in [0.717, 1.165) is 37.1 Å². The number of likely N-dealkylation sites (tertiary alicyclic amines) is 1.